The van der Waals surface area contributed by atoms with E-state index in [1.165, 1.54) is 12.1 Å². The summed E-state index contributed by atoms with van der Waals surface area (Å²) in [6.07, 6.45) is 0.241. The highest BCUT2D eigenvalue weighted by molar-refractivity contribution is 6.30. The molecule has 1 aromatic heterocycles. The van der Waals surface area contributed by atoms with Crippen molar-refractivity contribution in [2.24, 2.45) is 0 Å². The first-order valence-corrected chi connectivity index (χ1v) is 8.29. The molecule has 3 aromatic rings. The highest BCUT2D eigenvalue weighted by atomic mass is 35.5. The van der Waals surface area contributed by atoms with Gasteiger partial charge < -0.3 is 5.32 Å². The molecule has 1 aliphatic rings. The van der Waals surface area contributed by atoms with E-state index in [1.807, 2.05) is 12.1 Å². The summed E-state index contributed by atoms with van der Waals surface area (Å²) in [5.74, 6) is 0.0912. The monoisotopic (exact) mass is 368 g/mol. The Morgan fingerprint density at radius 2 is 1.81 bits per heavy atom. The fourth-order valence-corrected chi connectivity index (χ4v) is 3.33. The summed E-state index contributed by atoms with van der Waals surface area (Å²) in [7, 11) is 0. The summed E-state index contributed by atoms with van der Waals surface area (Å²) in [4.78, 5) is 22.5. The van der Waals surface area contributed by atoms with Gasteiger partial charge in [0.25, 0.3) is 5.69 Å². The molecule has 1 amide bonds. The summed E-state index contributed by atoms with van der Waals surface area (Å²) in [6, 6.07) is 13.6. The van der Waals surface area contributed by atoms with Crippen LogP contribution >= 0.6 is 11.6 Å². The van der Waals surface area contributed by atoms with Gasteiger partial charge in [-0.1, -0.05) is 35.9 Å². The molecule has 4 rings (SSSR count). The smallest absolute Gasteiger partial charge is 0.269 e. The summed E-state index contributed by atoms with van der Waals surface area (Å²) in [6.45, 7) is 0. The summed E-state index contributed by atoms with van der Waals surface area (Å²) >= 11 is 5.96. The molecule has 0 saturated heterocycles. The molecule has 2 aromatic carbocycles. The molecule has 0 radical (unpaired) electrons. The van der Waals surface area contributed by atoms with Crippen molar-refractivity contribution >= 4 is 29.0 Å². The van der Waals surface area contributed by atoms with Crippen LogP contribution in [-0.2, 0) is 4.79 Å². The minimum atomic E-state index is -0.445. The predicted octanol–water partition coefficient (Wildman–Crippen LogP) is 4.11. The number of anilines is 1. The zero-order chi connectivity index (χ0) is 18.3. The first-order valence-electron chi connectivity index (χ1n) is 7.91. The third-order valence-electron chi connectivity index (χ3n) is 4.44. The lowest BCUT2D eigenvalue weighted by atomic mass is 9.84. The maximum Gasteiger partial charge on any atom is 0.269 e. The molecule has 0 saturated carbocycles. The van der Waals surface area contributed by atoms with Crippen molar-refractivity contribution in [1.82, 2.24) is 10.2 Å². The van der Waals surface area contributed by atoms with Crippen LogP contribution in [0.3, 0.4) is 0 Å². The van der Waals surface area contributed by atoms with Crippen LogP contribution in [0.15, 0.2) is 48.5 Å². The van der Waals surface area contributed by atoms with E-state index in [2.05, 4.69) is 15.5 Å². The second kappa shape index (κ2) is 6.27. The van der Waals surface area contributed by atoms with E-state index in [-0.39, 0.29) is 23.9 Å². The van der Waals surface area contributed by atoms with Crippen molar-refractivity contribution < 1.29 is 9.72 Å². The lowest BCUT2D eigenvalue weighted by Crippen LogP contribution is -2.23. The van der Waals surface area contributed by atoms with Crippen LogP contribution in [0.4, 0.5) is 11.5 Å². The highest BCUT2D eigenvalue weighted by Gasteiger charge is 2.32. The third kappa shape index (κ3) is 2.82. The normalized spacial score (nSPS) is 16.0. The Morgan fingerprint density at radius 1 is 1.12 bits per heavy atom. The molecule has 8 heteroatoms. The van der Waals surface area contributed by atoms with Crippen LogP contribution < -0.4 is 5.32 Å². The number of nitrogens with one attached hydrogen (secondary N) is 2. The Hall–Kier alpha value is -3.19. The second-order valence-corrected chi connectivity index (χ2v) is 6.46. The van der Waals surface area contributed by atoms with Crippen molar-refractivity contribution in [2.45, 2.75) is 12.3 Å². The lowest BCUT2D eigenvalue weighted by Gasteiger charge is -2.23. The minimum Gasteiger partial charge on any atom is -0.309 e. The van der Waals surface area contributed by atoms with Gasteiger partial charge in [-0.05, 0) is 17.7 Å². The highest BCUT2D eigenvalue weighted by Crippen LogP contribution is 2.42. The number of rotatable bonds is 3. The van der Waals surface area contributed by atoms with Gasteiger partial charge in [0.2, 0.25) is 5.91 Å². The van der Waals surface area contributed by atoms with E-state index < -0.39 is 4.92 Å². The van der Waals surface area contributed by atoms with Gasteiger partial charge in [0.1, 0.15) is 0 Å². The fourth-order valence-electron chi connectivity index (χ4n) is 3.21. The van der Waals surface area contributed by atoms with Gasteiger partial charge in [-0.15, -0.1) is 0 Å². The van der Waals surface area contributed by atoms with Crippen LogP contribution in [0.5, 0.6) is 0 Å². The number of fused-ring (bicyclic) bond motifs is 1. The predicted molar refractivity (Wildman–Crippen MR) is 97.2 cm³/mol. The maximum atomic E-state index is 12.1. The van der Waals surface area contributed by atoms with Crippen molar-refractivity contribution in [3.05, 3.63) is 74.8 Å². The summed E-state index contributed by atoms with van der Waals surface area (Å²) < 4.78 is 0. The van der Waals surface area contributed by atoms with Crippen molar-refractivity contribution in [3.63, 3.8) is 0 Å². The Morgan fingerprint density at radius 3 is 2.46 bits per heavy atom. The van der Waals surface area contributed by atoms with E-state index in [9.17, 15) is 14.9 Å². The first-order chi connectivity index (χ1) is 12.5. The number of halogens is 1. The van der Waals surface area contributed by atoms with E-state index in [1.54, 1.807) is 24.3 Å². The number of carbonyl (C=O) groups excluding carboxylic acids is 1. The molecule has 1 aliphatic heterocycles. The molecule has 130 valence electrons. The average Bonchev–Trinajstić information content (AvgIpc) is 3.05. The second-order valence-electron chi connectivity index (χ2n) is 6.02. The first kappa shape index (κ1) is 16.3. The zero-order valence-corrected chi connectivity index (χ0v) is 14.2. The van der Waals surface area contributed by atoms with Crippen molar-refractivity contribution in [3.8, 4) is 11.3 Å². The van der Waals surface area contributed by atoms with Crippen LogP contribution in [0.1, 0.15) is 23.5 Å². The van der Waals surface area contributed by atoms with Gasteiger partial charge in [0.15, 0.2) is 5.82 Å². The average molecular weight is 369 g/mol. The molecule has 26 heavy (non-hydrogen) atoms. The van der Waals surface area contributed by atoms with Gasteiger partial charge in [0.05, 0.1) is 10.6 Å². The number of aromatic amines is 1. The van der Waals surface area contributed by atoms with E-state index in [4.69, 9.17) is 11.6 Å². The van der Waals surface area contributed by atoms with Crippen LogP contribution in [0.25, 0.3) is 11.3 Å². The third-order valence-corrected chi connectivity index (χ3v) is 4.69. The molecule has 1 atom stereocenters. The number of H-pyrrole nitrogens is 1. The molecule has 2 heterocycles. The Balaban J connectivity index is 1.81. The minimum absolute atomic E-state index is 0.0133. The zero-order valence-electron chi connectivity index (χ0n) is 13.4. The molecule has 0 spiro atoms. The van der Waals surface area contributed by atoms with Gasteiger partial charge in [-0.3, -0.25) is 20.0 Å². The summed E-state index contributed by atoms with van der Waals surface area (Å²) in [5, 5.41) is 21.5. The molecular formula is C18H13ClN4O3. The number of hydrogen-bond acceptors (Lipinski definition) is 4. The Bertz CT molecular complexity index is 996. The number of nitro groups is 1. The summed E-state index contributed by atoms with van der Waals surface area (Å²) in [5.41, 5.74) is 3.38. The number of amides is 1. The van der Waals surface area contributed by atoms with Gasteiger partial charge in [-0.2, -0.15) is 5.10 Å². The number of hydrogen-bond donors (Lipinski definition) is 2. The van der Waals surface area contributed by atoms with Crippen LogP contribution in [0.2, 0.25) is 5.02 Å². The van der Waals surface area contributed by atoms with Gasteiger partial charge >= 0.3 is 0 Å². The molecule has 2 N–H and O–H groups in total. The van der Waals surface area contributed by atoms with Crippen molar-refractivity contribution in [2.75, 3.05) is 5.32 Å². The van der Waals surface area contributed by atoms with Gasteiger partial charge in [-0.25, -0.2) is 0 Å². The van der Waals surface area contributed by atoms with E-state index in [0.717, 1.165) is 22.4 Å². The largest absolute Gasteiger partial charge is 0.309 e. The SMILES string of the molecule is O=C1C[C@@H](c2ccc([N+](=O)[O-])cc2)c2c(n[nH]c2-c2ccc(Cl)cc2)N1. The molecule has 0 aliphatic carbocycles. The molecule has 0 unspecified atom stereocenters. The maximum absolute atomic E-state index is 12.1. The Labute approximate surface area is 153 Å². The quantitative estimate of drug-likeness (QED) is 0.536. The number of benzene rings is 2. The molecule has 0 bridgehead atoms. The standard InChI is InChI=1S/C18H13ClN4O3/c19-12-5-1-11(2-6-12)17-16-14(9-15(24)20-18(16)22-21-17)10-3-7-13(8-4-10)23(25)26/h1-8,14H,9H2,(H2,20,21,22,24)/t14-/m0/s1. The number of nitro benzene ring substituents is 1. The molecule has 7 nitrogen and oxygen atoms in total. The topological polar surface area (TPSA) is 101 Å². The number of aromatic nitrogens is 2. The number of non-ortho nitro benzene ring substituents is 1. The molecule has 0 fully saturated rings. The number of carbonyl (C=O) groups is 1. The molecular weight excluding hydrogens is 356 g/mol. The number of nitrogens with zero attached hydrogens (tertiary/aromatic N) is 2. The van der Waals surface area contributed by atoms with Gasteiger partial charge in [0, 0.05) is 40.6 Å². The van der Waals surface area contributed by atoms with Crippen LogP contribution in [-0.4, -0.2) is 21.0 Å². The van der Waals surface area contributed by atoms with Crippen LogP contribution in [0, 0.1) is 10.1 Å². The fraction of sp³-hybridized carbons (Fsp3) is 0.111. The Kier molecular flexibility index (Phi) is 3.93. The van der Waals surface area contributed by atoms with E-state index >= 15 is 0 Å². The lowest BCUT2D eigenvalue weighted by molar-refractivity contribution is -0.384. The van der Waals surface area contributed by atoms with E-state index in [0.29, 0.717) is 10.8 Å². The van der Waals surface area contributed by atoms with Crippen molar-refractivity contribution in [1.29, 1.82) is 0 Å².